The Labute approximate surface area is 88.9 Å². The van der Waals surface area contributed by atoms with Crippen molar-refractivity contribution in [3.63, 3.8) is 0 Å². The molecule has 0 aromatic carbocycles. The molecule has 0 bridgehead atoms. The SMILES string of the molecule is CC1(C)C(O)CCN1C(=O)c1cc[nH]c1. The van der Waals surface area contributed by atoms with E-state index in [2.05, 4.69) is 4.98 Å². The second kappa shape index (κ2) is 3.38. The molecule has 0 spiro atoms. The first-order valence-corrected chi connectivity index (χ1v) is 5.16. The molecule has 1 unspecified atom stereocenters. The standard InChI is InChI=1S/C11H16N2O2/c1-11(2)9(14)4-6-13(11)10(15)8-3-5-12-7-8/h3,5,7,9,12,14H,4,6H2,1-2H3. The van der Waals surface area contributed by atoms with Crippen LogP contribution in [0.15, 0.2) is 18.5 Å². The molecule has 82 valence electrons. The number of aromatic amines is 1. The van der Waals surface area contributed by atoms with Crippen molar-refractivity contribution in [2.75, 3.05) is 6.54 Å². The number of hydrogen-bond acceptors (Lipinski definition) is 2. The molecule has 4 nitrogen and oxygen atoms in total. The highest BCUT2D eigenvalue weighted by Crippen LogP contribution is 2.30. The highest BCUT2D eigenvalue weighted by atomic mass is 16.3. The zero-order chi connectivity index (χ0) is 11.1. The molecule has 4 heteroatoms. The van der Waals surface area contributed by atoms with Crippen LogP contribution in [0.5, 0.6) is 0 Å². The normalized spacial score (nSPS) is 24.5. The van der Waals surface area contributed by atoms with Gasteiger partial charge >= 0.3 is 0 Å². The molecule has 1 aliphatic rings. The van der Waals surface area contributed by atoms with Crippen LogP contribution < -0.4 is 0 Å². The van der Waals surface area contributed by atoms with Crippen molar-refractivity contribution < 1.29 is 9.90 Å². The van der Waals surface area contributed by atoms with Gasteiger partial charge in [-0.15, -0.1) is 0 Å². The highest BCUT2D eigenvalue weighted by molar-refractivity contribution is 5.94. The minimum absolute atomic E-state index is 0.0159. The van der Waals surface area contributed by atoms with Crippen molar-refractivity contribution in [1.29, 1.82) is 0 Å². The van der Waals surface area contributed by atoms with Gasteiger partial charge in [-0.05, 0) is 26.3 Å². The minimum Gasteiger partial charge on any atom is -0.391 e. The third kappa shape index (κ3) is 1.55. The van der Waals surface area contributed by atoms with E-state index in [1.807, 2.05) is 13.8 Å². The van der Waals surface area contributed by atoms with Gasteiger partial charge in [0.15, 0.2) is 0 Å². The average Bonchev–Trinajstić information content (AvgIpc) is 2.76. The van der Waals surface area contributed by atoms with E-state index in [1.54, 1.807) is 23.4 Å². The van der Waals surface area contributed by atoms with Gasteiger partial charge < -0.3 is 15.0 Å². The summed E-state index contributed by atoms with van der Waals surface area (Å²) in [7, 11) is 0. The predicted molar refractivity (Wildman–Crippen MR) is 56.5 cm³/mol. The van der Waals surface area contributed by atoms with Gasteiger partial charge in [0.25, 0.3) is 5.91 Å². The van der Waals surface area contributed by atoms with Gasteiger partial charge in [0.2, 0.25) is 0 Å². The molecule has 1 aromatic heterocycles. The van der Waals surface area contributed by atoms with Crippen LogP contribution in [0, 0.1) is 0 Å². The monoisotopic (exact) mass is 208 g/mol. The molecular formula is C11H16N2O2. The van der Waals surface area contributed by atoms with Crippen LogP contribution in [0.3, 0.4) is 0 Å². The fraction of sp³-hybridized carbons (Fsp3) is 0.545. The molecule has 2 heterocycles. The van der Waals surface area contributed by atoms with Gasteiger partial charge in [-0.25, -0.2) is 0 Å². The van der Waals surface area contributed by atoms with Gasteiger partial charge in [-0.2, -0.15) is 0 Å². The zero-order valence-corrected chi connectivity index (χ0v) is 9.03. The summed E-state index contributed by atoms with van der Waals surface area (Å²) in [6.45, 7) is 4.42. The van der Waals surface area contributed by atoms with E-state index >= 15 is 0 Å². The smallest absolute Gasteiger partial charge is 0.255 e. The minimum atomic E-state index is -0.464. The Bertz CT molecular complexity index is 357. The summed E-state index contributed by atoms with van der Waals surface area (Å²) in [6.07, 6.45) is 3.64. The number of aliphatic hydroxyl groups is 1. The molecule has 2 N–H and O–H groups in total. The summed E-state index contributed by atoms with van der Waals surface area (Å²) in [5, 5.41) is 9.77. The van der Waals surface area contributed by atoms with Crippen LogP contribution in [0.25, 0.3) is 0 Å². The maximum absolute atomic E-state index is 12.1. The summed E-state index contributed by atoms with van der Waals surface area (Å²) in [4.78, 5) is 16.7. The summed E-state index contributed by atoms with van der Waals surface area (Å²) < 4.78 is 0. The maximum atomic E-state index is 12.1. The molecule has 1 saturated heterocycles. The first-order chi connectivity index (χ1) is 7.03. The third-order valence-electron chi connectivity index (χ3n) is 3.23. The fourth-order valence-electron chi connectivity index (χ4n) is 2.05. The number of nitrogens with one attached hydrogen (secondary N) is 1. The van der Waals surface area contributed by atoms with Crippen LogP contribution in [0.4, 0.5) is 0 Å². The lowest BCUT2D eigenvalue weighted by Gasteiger charge is -2.33. The molecule has 1 amide bonds. The molecule has 1 aromatic rings. The van der Waals surface area contributed by atoms with E-state index in [-0.39, 0.29) is 5.91 Å². The number of likely N-dealkylation sites (tertiary alicyclic amines) is 1. The number of carbonyl (C=O) groups is 1. The van der Waals surface area contributed by atoms with E-state index in [0.717, 1.165) is 0 Å². The van der Waals surface area contributed by atoms with E-state index in [0.29, 0.717) is 18.5 Å². The first kappa shape index (κ1) is 10.2. The number of nitrogens with zero attached hydrogens (tertiary/aromatic N) is 1. The number of hydrogen-bond donors (Lipinski definition) is 2. The van der Waals surface area contributed by atoms with Crippen LogP contribution in [0.2, 0.25) is 0 Å². The maximum Gasteiger partial charge on any atom is 0.255 e. The quantitative estimate of drug-likeness (QED) is 0.723. The average molecular weight is 208 g/mol. The zero-order valence-electron chi connectivity index (χ0n) is 9.03. The number of aromatic nitrogens is 1. The number of rotatable bonds is 1. The van der Waals surface area contributed by atoms with Crippen LogP contribution in [-0.4, -0.2) is 39.1 Å². The predicted octanol–water partition coefficient (Wildman–Crippen LogP) is 1.00. The van der Waals surface area contributed by atoms with Crippen molar-refractivity contribution in [3.05, 3.63) is 24.0 Å². The molecular weight excluding hydrogens is 192 g/mol. The lowest BCUT2D eigenvalue weighted by molar-refractivity contribution is 0.0394. The molecule has 1 aliphatic heterocycles. The second-order valence-corrected chi connectivity index (χ2v) is 4.51. The summed E-state index contributed by atoms with van der Waals surface area (Å²) in [5.74, 6) is -0.0159. The third-order valence-corrected chi connectivity index (χ3v) is 3.23. The Morgan fingerprint density at radius 2 is 2.40 bits per heavy atom. The van der Waals surface area contributed by atoms with Crippen LogP contribution >= 0.6 is 0 Å². The largest absolute Gasteiger partial charge is 0.391 e. The lowest BCUT2D eigenvalue weighted by atomic mass is 9.98. The van der Waals surface area contributed by atoms with E-state index in [1.165, 1.54) is 0 Å². The molecule has 2 rings (SSSR count). The fourth-order valence-corrected chi connectivity index (χ4v) is 2.05. The van der Waals surface area contributed by atoms with Crippen molar-refractivity contribution in [1.82, 2.24) is 9.88 Å². The molecule has 0 radical (unpaired) electrons. The van der Waals surface area contributed by atoms with Crippen LogP contribution in [0.1, 0.15) is 30.6 Å². The summed E-state index contributed by atoms with van der Waals surface area (Å²) in [6, 6.07) is 1.75. The summed E-state index contributed by atoms with van der Waals surface area (Å²) in [5.41, 5.74) is 0.186. The molecule has 1 atom stereocenters. The molecule has 0 aliphatic carbocycles. The number of H-pyrrole nitrogens is 1. The number of carbonyl (C=O) groups excluding carboxylic acids is 1. The number of aliphatic hydroxyl groups excluding tert-OH is 1. The van der Waals surface area contributed by atoms with Gasteiger partial charge in [-0.1, -0.05) is 0 Å². The molecule has 15 heavy (non-hydrogen) atoms. The first-order valence-electron chi connectivity index (χ1n) is 5.16. The van der Waals surface area contributed by atoms with Gasteiger partial charge in [-0.3, -0.25) is 4.79 Å². The summed E-state index contributed by atoms with van der Waals surface area (Å²) >= 11 is 0. The van der Waals surface area contributed by atoms with Crippen molar-refractivity contribution >= 4 is 5.91 Å². The lowest BCUT2D eigenvalue weighted by Crippen LogP contribution is -2.47. The van der Waals surface area contributed by atoms with E-state index in [9.17, 15) is 9.90 Å². The van der Waals surface area contributed by atoms with Gasteiger partial charge in [0.1, 0.15) is 0 Å². The van der Waals surface area contributed by atoms with Crippen molar-refractivity contribution in [2.24, 2.45) is 0 Å². The highest BCUT2D eigenvalue weighted by Gasteiger charge is 2.43. The van der Waals surface area contributed by atoms with Crippen molar-refractivity contribution in [2.45, 2.75) is 31.9 Å². The molecule has 0 saturated carbocycles. The van der Waals surface area contributed by atoms with E-state index < -0.39 is 11.6 Å². The topological polar surface area (TPSA) is 56.3 Å². The Balaban J connectivity index is 2.22. The Kier molecular flexibility index (Phi) is 2.31. The van der Waals surface area contributed by atoms with Crippen LogP contribution in [-0.2, 0) is 0 Å². The van der Waals surface area contributed by atoms with Gasteiger partial charge in [0.05, 0.1) is 17.2 Å². The van der Waals surface area contributed by atoms with Gasteiger partial charge in [0, 0.05) is 18.9 Å². The Hall–Kier alpha value is -1.29. The second-order valence-electron chi connectivity index (χ2n) is 4.51. The number of amides is 1. The Morgan fingerprint density at radius 3 is 2.87 bits per heavy atom. The Morgan fingerprint density at radius 1 is 1.67 bits per heavy atom. The molecule has 1 fully saturated rings. The van der Waals surface area contributed by atoms with Crippen molar-refractivity contribution in [3.8, 4) is 0 Å². The van der Waals surface area contributed by atoms with E-state index in [4.69, 9.17) is 0 Å².